The van der Waals surface area contributed by atoms with E-state index in [1.165, 1.54) is 44.7 Å². The number of hydrogen-bond donors (Lipinski definition) is 2. The standard InChI is InChI=1S/C20H16N2O6S2/c1-27-14-8-5-12(16(19(25)26)17(14)28-2)9-15-18(24)22(20(29)30-15)21-10-11-3-6-13(23)7-4-11/h3-10,23H,1-2H3,(H,25,26)/b15-9+,21-10+. The molecular formula is C20H16N2O6S2. The summed E-state index contributed by atoms with van der Waals surface area (Å²) in [6.07, 6.45) is 2.87. The predicted molar refractivity (Wildman–Crippen MR) is 117 cm³/mol. The van der Waals surface area contributed by atoms with Gasteiger partial charge < -0.3 is 19.7 Å². The number of thioether (sulfide) groups is 1. The van der Waals surface area contributed by atoms with Gasteiger partial charge in [0.05, 0.1) is 25.3 Å². The lowest BCUT2D eigenvalue weighted by Gasteiger charge is -2.12. The van der Waals surface area contributed by atoms with Gasteiger partial charge in [0.2, 0.25) is 0 Å². The molecule has 2 aromatic carbocycles. The van der Waals surface area contributed by atoms with E-state index in [0.717, 1.165) is 16.8 Å². The van der Waals surface area contributed by atoms with E-state index >= 15 is 0 Å². The Bertz CT molecular complexity index is 1080. The van der Waals surface area contributed by atoms with Gasteiger partial charge in [-0.25, -0.2) is 4.79 Å². The first-order valence-electron chi connectivity index (χ1n) is 8.45. The summed E-state index contributed by atoms with van der Waals surface area (Å²) in [4.78, 5) is 24.8. The maximum absolute atomic E-state index is 12.7. The lowest BCUT2D eigenvalue weighted by Crippen LogP contribution is -2.22. The van der Waals surface area contributed by atoms with Crippen molar-refractivity contribution in [2.24, 2.45) is 5.10 Å². The van der Waals surface area contributed by atoms with Gasteiger partial charge in [0.1, 0.15) is 11.3 Å². The summed E-state index contributed by atoms with van der Waals surface area (Å²) in [5.74, 6) is -1.27. The number of aromatic hydroxyl groups is 1. The van der Waals surface area contributed by atoms with Crippen LogP contribution in [0.2, 0.25) is 0 Å². The minimum absolute atomic E-state index is 0.0552. The molecule has 0 bridgehead atoms. The van der Waals surface area contributed by atoms with Crippen LogP contribution in [0, 0.1) is 0 Å². The summed E-state index contributed by atoms with van der Waals surface area (Å²) in [5, 5.41) is 24.1. The molecule has 1 aliphatic heterocycles. The van der Waals surface area contributed by atoms with Gasteiger partial charge in [-0.05, 0) is 59.8 Å². The van der Waals surface area contributed by atoms with Gasteiger partial charge in [-0.15, -0.1) is 0 Å². The van der Waals surface area contributed by atoms with Crippen LogP contribution in [-0.4, -0.2) is 51.9 Å². The fourth-order valence-corrected chi connectivity index (χ4v) is 3.83. The van der Waals surface area contributed by atoms with Crippen molar-refractivity contribution in [3.8, 4) is 17.2 Å². The minimum Gasteiger partial charge on any atom is -0.508 e. The van der Waals surface area contributed by atoms with Gasteiger partial charge in [-0.3, -0.25) is 4.79 Å². The molecular weight excluding hydrogens is 428 g/mol. The van der Waals surface area contributed by atoms with Gasteiger partial charge in [0.15, 0.2) is 15.8 Å². The van der Waals surface area contributed by atoms with Gasteiger partial charge in [-0.1, -0.05) is 17.8 Å². The largest absolute Gasteiger partial charge is 0.508 e. The molecule has 1 heterocycles. The molecule has 0 aromatic heterocycles. The van der Waals surface area contributed by atoms with Gasteiger partial charge >= 0.3 is 5.97 Å². The fraction of sp³-hybridized carbons (Fsp3) is 0.100. The van der Waals surface area contributed by atoms with E-state index in [1.807, 2.05) is 0 Å². The second-order valence-electron chi connectivity index (χ2n) is 5.90. The quantitative estimate of drug-likeness (QED) is 0.397. The van der Waals surface area contributed by atoms with Crippen molar-refractivity contribution in [1.82, 2.24) is 5.01 Å². The van der Waals surface area contributed by atoms with Crippen LogP contribution < -0.4 is 9.47 Å². The van der Waals surface area contributed by atoms with Crippen LogP contribution in [0.1, 0.15) is 21.5 Å². The molecule has 8 nitrogen and oxygen atoms in total. The molecule has 1 saturated heterocycles. The smallest absolute Gasteiger partial charge is 0.340 e. The number of phenols is 1. The lowest BCUT2D eigenvalue weighted by molar-refractivity contribution is -0.122. The number of amides is 1. The number of carbonyl (C=O) groups is 2. The predicted octanol–water partition coefficient (Wildman–Crippen LogP) is 3.34. The first-order chi connectivity index (χ1) is 14.3. The Balaban J connectivity index is 1.94. The van der Waals surface area contributed by atoms with E-state index in [-0.39, 0.29) is 37.6 Å². The minimum atomic E-state index is -1.22. The molecule has 0 atom stereocenters. The molecule has 2 N–H and O–H groups in total. The van der Waals surface area contributed by atoms with Crippen molar-refractivity contribution in [3.05, 3.63) is 58.0 Å². The maximum Gasteiger partial charge on any atom is 0.340 e. The fourth-order valence-electron chi connectivity index (χ4n) is 2.67. The molecule has 1 amide bonds. The van der Waals surface area contributed by atoms with Gasteiger partial charge in [-0.2, -0.15) is 10.1 Å². The zero-order chi connectivity index (χ0) is 21.8. The number of benzene rings is 2. The molecule has 0 unspecified atom stereocenters. The number of hydrogen-bond acceptors (Lipinski definition) is 8. The van der Waals surface area contributed by atoms with Crippen LogP contribution in [0.25, 0.3) is 6.08 Å². The first kappa shape index (κ1) is 21.3. The number of carboxylic acids is 1. The Morgan fingerprint density at radius 3 is 2.47 bits per heavy atom. The number of phenolic OH excluding ortho intramolecular Hbond substituents is 1. The number of hydrazone groups is 1. The molecule has 1 fully saturated rings. The zero-order valence-electron chi connectivity index (χ0n) is 15.9. The summed E-state index contributed by atoms with van der Waals surface area (Å²) in [6.45, 7) is 0. The summed E-state index contributed by atoms with van der Waals surface area (Å²) in [5.41, 5.74) is 0.803. The number of carbonyl (C=O) groups excluding carboxylic acids is 1. The lowest BCUT2D eigenvalue weighted by atomic mass is 10.0. The highest BCUT2D eigenvalue weighted by Crippen LogP contribution is 2.37. The summed E-state index contributed by atoms with van der Waals surface area (Å²) in [6, 6.07) is 9.34. The molecule has 30 heavy (non-hydrogen) atoms. The molecule has 1 aliphatic rings. The normalized spacial score (nSPS) is 15.3. The van der Waals surface area contributed by atoms with E-state index in [2.05, 4.69) is 5.10 Å². The van der Waals surface area contributed by atoms with Crippen LogP contribution >= 0.6 is 24.0 Å². The van der Waals surface area contributed by atoms with Crippen LogP contribution in [0.5, 0.6) is 17.2 Å². The molecule has 0 saturated carbocycles. The monoisotopic (exact) mass is 444 g/mol. The molecule has 2 aromatic rings. The van der Waals surface area contributed by atoms with E-state index in [4.69, 9.17) is 21.7 Å². The highest BCUT2D eigenvalue weighted by Gasteiger charge is 2.33. The number of rotatable bonds is 6. The average molecular weight is 444 g/mol. The van der Waals surface area contributed by atoms with Gasteiger partial charge in [0, 0.05) is 0 Å². The van der Waals surface area contributed by atoms with E-state index < -0.39 is 11.9 Å². The summed E-state index contributed by atoms with van der Waals surface area (Å²) < 4.78 is 10.5. The second-order valence-corrected chi connectivity index (χ2v) is 7.58. The van der Waals surface area contributed by atoms with Crippen LogP contribution in [-0.2, 0) is 4.79 Å². The molecule has 0 spiro atoms. The third-order valence-electron chi connectivity index (χ3n) is 4.07. The second kappa shape index (κ2) is 8.97. The van der Waals surface area contributed by atoms with Crippen molar-refractivity contribution in [3.63, 3.8) is 0 Å². The summed E-state index contributed by atoms with van der Waals surface area (Å²) in [7, 11) is 2.74. The third-order valence-corrected chi connectivity index (χ3v) is 5.35. The molecule has 154 valence electrons. The Labute approximate surface area is 181 Å². The molecule has 10 heteroatoms. The molecule has 3 rings (SSSR count). The van der Waals surface area contributed by atoms with E-state index in [9.17, 15) is 19.8 Å². The van der Waals surface area contributed by atoms with Gasteiger partial charge in [0.25, 0.3) is 5.91 Å². The Morgan fingerprint density at radius 1 is 1.17 bits per heavy atom. The average Bonchev–Trinajstić information content (AvgIpc) is 2.99. The maximum atomic E-state index is 12.7. The highest BCUT2D eigenvalue weighted by atomic mass is 32.2. The van der Waals surface area contributed by atoms with Crippen LogP contribution in [0.3, 0.4) is 0 Å². The Morgan fingerprint density at radius 2 is 1.87 bits per heavy atom. The van der Waals surface area contributed by atoms with Crippen LogP contribution in [0.4, 0.5) is 0 Å². The topological polar surface area (TPSA) is 109 Å². The zero-order valence-corrected chi connectivity index (χ0v) is 17.5. The van der Waals surface area contributed by atoms with Crippen molar-refractivity contribution in [2.45, 2.75) is 0 Å². The van der Waals surface area contributed by atoms with Crippen molar-refractivity contribution in [2.75, 3.05) is 14.2 Å². The number of nitrogens with zero attached hydrogens (tertiary/aromatic N) is 2. The number of ether oxygens (including phenoxy) is 2. The van der Waals surface area contributed by atoms with Crippen molar-refractivity contribution < 1.29 is 29.3 Å². The summed E-state index contributed by atoms with van der Waals surface area (Å²) >= 11 is 6.24. The Hall–Kier alpha value is -3.37. The van der Waals surface area contributed by atoms with Crippen molar-refractivity contribution in [1.29, 1.82) is 0 Å². The number of methoxy groups -OCH3 is 2. The third kappa shape index (κ3) is 4.29. The van der Waals surface area contributed by atoms with Crippen LogP contribution in [0.15, 0.2) is 46.4 Å². The van der Waals surface area contributed by atoms with Crippen molar-refractivity contribution >= 4 is 52.5 Å². The SMILES string of the molecule is COc1ccc(/C=C2/SC(=S)N(/N=C/c3ccc(O)cc3)C2=O)c(C(=O)O)c1OC. The number of thiocarbonyl (C=S) groups is 1. The van der Waals surface area contributed by atoms with E-state index in [1.54, 1.807) is 18.2 Å². The molecule has 0 aliphatic carbocycles. The van der Waals surface area contributed by atoms with E-state index in [0.29, 0.717) is 5.56 Å². The first-order valence-corrected chi connectivity index (χ1v) is 9.67. The Kier molecular flexibility index (Phi) is 6.38. The molecule has 0 radical (unpaired) electrons. The number of aromatic carboxylic acids is 1. The number of carboxylic acid groups (broad SMARTS) is 1. The highest BCUT2D eigenvalue weighted by molar-refractivity contribution is 8.26.